The third-order valence-corrected chi connectivity index (χ3v) is 5.52. The summed E-state index contributed by atoms with van der Waals surface area (Å²) in [7, 11) is 0. The SMILES string of the molecule is Cc1noc(C)c1CSc1ccccc1C(=O)NCCNC(=O)c1ccccc1. The third kappa shape index (κ3) is 5.48. The molecule has 0 spiro atoms. The van der Waals surface area contributed by atoms with Gasteiger partial charge in [0.1, 0.15) is 5.76 Å². The first-order valence-electron chi connectivity index (χ1n) is 9.31. The van der Waals surface area contributed by atoms with Gasteiger partial charge in [-0.2, -0.15) is 0 Å². The Balaban J connectivity index is 1.52. The maximum absolute atomic E-state index is 12.6. The predicted molar refractivity (Wildman–Crippen MR) is 113 cm³/mol. The number of rotatable bonds is 8. The van der Waals surface area contributed by atoms with Crippen LogP contribution >= 0.6 is 11.8 Å². The molecule has 0 bridgehead atoms. The van der Waals surface area contributed by atoms with E-state index in [9.17, 15) is 9.59 Å². The number of aromatic nitrogens is 1. The minimum absolute atomic E-state index is 0.157. The van der Waals surface area contributed by atoms with Crippen molar-refractivity contribution in [2.24, 2.45) is 0 Å². The van der Waals surface area contributed by atoms with E-state index in [0.29, 0.717) is 30.0 Å². The number of carbonyl (C=O) groups excluding carboxylic acids is 2. The Labute approximate surface area is 174 Å². The van der Waals surface area contributed by atoms with Crippen LogP contribution in [-0.4, -0.2) is 30.1 Å². The molecule has 0 aliphatic heterocycles. The van der Waals surface area contributed by atoms with E-state index in [2.05, 4.69) is 15.8 Å². The number of thioether (sulfide) groups is 1. The predicted octanol–water partition coefficient (Wildman–Crippen LogP) is 3.74. The van der Waals surface area contributed by atoms with Crippen LogP contribution in [0.25, 0.3) is 0 Å². The molecule has 7 heteroatoms. The molecule has 1 aromatic heterocycles. The number of nitrogens with zero attached hydrogens (tertiary/aromatic N) is 1. The highest BCUT2D eigenvalue weighted by molar-refractivity contribution is 7.98. The third-order valence-electron chi connectivity index (χ3n) is 4.42. The van der Waals surface area contributed by atoms with Crippen LogP contribution in [0, 0.1) is 13.8 Å². The molecule has 150 valence electrons. The molecule has 0 radical (unpaired) electrons. The van der Waals surface area contributed by atoms with E-state index in [1.165, 1.54) is 0 Å². The first kappa shape index (κ1) is 20.7. The second-order valence-electron chi connectivity index (χ2n) is 6.47. The smallest absolute Gasteiger partial charge is 0.252 e. The van der Waals surface area contributed by atoms with E-state index in [-0.39, 0.29) is 11.8 Å². The van der Waals surface area contributed by atoms with Crippen molar-refractivity contribution in [3.63, 3.8) is 0 Å². The van der Waals surface area contributed by atoms with Gasteiger partial charge in [-0.1, -0.05) is 35.5 Å². The van der Waals surface area contributed by atoms with Gasteiger partial charge in [0.15, 0.2) is 0 Å². The molecule has 0 unspecified atom stereocenters. The molecule has 2 amide bonds. The van der Waals surface area contributed by atoms with E-state index in [1.807, 2.05) is 50.2 Å². The second kappa shape index (κ2) is 9.93. The molecule has 3 aromatic rings. The van der Waals surface area contributed by atoms with Crippen molar-refractivity contribution < 1.29 is 14.1 Å². The highest BCUT2D eigenvalue weighted by Crippen LogP contribution is 2.28. The Kier molecular flexibility index (Phi) is 7.08. The topological polar surface area (TPSA) is 84.2 Å². The molecule has 29 heavy (non-hydrogen) atoms. The lowest BCUT2D eigenvalue weighted by Crippen LogP contribution is -2.34. The molecule has 2 aromatic carbocycles. The molecule has 0 saturated carbocycles. The van der Waals surface area contributed by atoms with Crippen LogP contribution in [0.1, 0.15) is 37.7 Å². The fourth-order valence-corrected chi connectivity index (χ4v) is 3.98. The van der Waals surface area contributed by atoms with Crippen molar-refractivity contribution >= 4 is 23.6 Å². The number of carbonyl (C=O) groups is 2. The lowest BCUT2D eigenvalue weighted by atomic mass is 10.2. The minimum Gasteiger partial charge on any atom is -0.361 e. The monoisotopic (exact) mass is 409 g/mol. The van der Waals surface area contributed by atoms with Gasteiger partial charge in [-0.3, -0.25) is 9.59 Å². The van der Waals surface area contributed by atoms with Crippen molar-refractivity contribution in [3.8, 4) is 0 Å². The van der Waals surface area contributed by atoms with Crippen molar-refractivity contribution in [3.05, 3.63) is 82.7 Å². The average molecular weight is 410 g/mol. The summed E-state index contributed by atoms with van der Waals surface area (Å²) in [4.78, 5) is 25.5. The maximum atomic E-state index is 12.6. The summed E-state index contributed by atoms with van der Waals surface area (Å²) in [5.74, 6) is 1.15. The molecule has 1 heterocycles. The van der Waals surface area contributed by atoms with Crippen LogP contribution < -0.4 is 10.6 Å². The van der Waals surface area contributed by atoms with Crippen LogP contribution in [0.5, 0.6) is 0 Å². The minimum atomic E-state index is -0.166. The number of amides is 2. The van der Waals surface area contributed by atoms with Gasteiger partial charge < -0.3 is 15.2 Å². The van der Waals surface area contributed by atoms with Crippen molar-refractivity contribution in [1.82, 2.24) is 15.8 Å². The lowest BCUT2D eigenvalue weighted by molar-refractivity contribution is 0.0926. The number of aryl methyl sites for hydroxylation is 2. The standard InChI is InChI=1S/C22H23N3O3S/c1-15-19(16(2)28-25-15)14-29-20-11-7-6-10-18(20)22(27)24-13-12-23-21(26)17-8-4-3-5-9-17/h3-11H,12-14H2,1-2H3,(H,23,26)(H,24,27). The highest BCUT2D eigenvalue weighted by atomic mass is 32.2. The molecular weight excluding hydrogens is 386 g/mol. The zero-order valence-corrected chi connectivity index (χ0v) is 17.2. The summed E-state index contributed by atoms with van der Waals surface area (Å²) in [6, 6.07) is 16.5. The Morgan fingerprint density at radius 2 is 1.59 bits per heavy atom. The number of benzene rings is 2. The van der Waals surface area contributed by atoms with Crippen LogP contribution in [0.15, 0.2) is 64.0 Å². The van der Waals surface area contributed by atoms with Gasteiger partial charge in [-0.25, -0.2) is 0 Å². The van der Waals surface area contributed by atoms with E-state index < -0.39 is 0 Å². The molecule has 2 N–H and O–H groups in total. The van der Waals surface area contributed by atoms with Gasteiger partial charge in [0.25, 0.3) is 11.8 Å². The molecule has 0 aliphatic carbocycles. The van der Waals surface area contributed by atoms with Gasteiger partial charge in [0, 0.05) is 34.9 Å². The van der Waals surface area contributed by atoms with Gasteiger partial charge in [-0.15, -0.1) is 11.8 Å². The summed E-state index contributed by atoms with van der Waals surface area (Å²) in [6.45, 7) is 4.50. The summed E-state index contributed by atoms with van der Waals surface area (Å²) in [5.41, 5.74) is 3.12. The lowest BCUT2D eigenvalue weighted by Gasteiger charge is -2.10. The average Bonchev–Trinajstić information content (AvgIpc) is 3.07. The van der Waals surface area contributed by atoms with E-state index in [1.54, 1.807) is 30.0 Å². The maximum Gasteiger partial charge on any atom is 0.252 e. The Morgan fingerprint density at radius 3 is 2.28 bits per heavy atom. The molecule has 6 nitrogen and oxygen atoms in total. The fraction of sp³-hybridized carbons (Fsp3) is 0.227. The molecule has 3 rings (SSSR count). The first-order valence-corrected chi connectivity index (χ1v) is 10.3. The molecule has 0 fully saturated rings. The van der Waals surface area contributed by atoms with Gasteiger partial charge >= 0.3 is 0 Å². The number of hydrogen-bond donors (Lipinski definition) is 2. The van der Waals surface area contributed by atoms with Crippen LogP contribution in [0.4, 0.5) is 0 Å². The van der Waals surface area contributed by atoms with Crippen LogP contribution in [0.2, 0.25) is 0 Å². The first-order chi connectivity index (χ1) is 14.1. The number of nitrogens with one attached hydrogen (secondary N) is 2. The Hall–Kier alpha value is -3.06. The Morgan fingerprint density at radius 1 is 0.931 bits per heavy atom. The van der Waals surface area contributed by atoms with E-state index >= 15 is 0 Å². The summed E-state index contributed by atoms with van der Waals surface area (Å²) < 4.78 is 5.20. The molecule has 0 saturated heterocycles. The van der Waals surface area contributed by atoms with E-state index in [0.717, 1.165) is 21.9 Å². The van der Waals surface area contributed by atoms with Crippen molar-refractivity contribution in [2.45, 2.75) is 24.5 Å². The van der Waals surface area contributed by atoms with Gasteiger partial charge in [-0.05, 0) is 38.1 Å². The quantitative estimate of drug-likeness (QED) is 0.437. The highest BCUT2D eigenvalue weighted by Gasteiger charge is 2.14. The summed E-state index contributed by atoms with van der Waals surface area (Å²) in [6.07, 6.45) is 0. The molecular formula is C22H23N3O3S. The van der Waals surface area contributed by atoms with Crippen molar-refractivity contribution in [2.75, 3.05) is 13.1 Å². The normalized spacial score (nSPS) is 10.6. The zero-order valence-electron chi connectivity index (χ0n) is 16.4. The molecule has 0 atom stereocenters. The van der Waals surface area contributed by atoms with Gasteiger partial charge in [0.05, 0.1) is 11.3 Å². The fourth-order valence-electron chi connectivity index (χ4n) is 2.78. The van der Waals surface area contributed by atoms with Gasteiger partial charge in [0.2, 0.25) is 0 Å². The van der Waals surface area contributed by atoms with Crippen LogP contribution in [0.3, 0.4) is 0 Å². The van der Waals surface area contributed by atoms with E-state index in [4.69, 9.17) is 4.52 Å². The zero-order chi connectivity index (χ0) is 20.6. The summed E-state index contributed by atoms with van der Waals surface area (Å²) in [5, 5.41) is 9.63. The largest absolute Gasteiger partial charge is 0.361 e. The van der Waals surface area contributed by atoms with Crippen LogP contribution in [-0.2, 0) is 5.75 Å². The Bertz CT molecular complexity index is 966. The second-order valence-corrected chi connectivity index (χ2v) is 7.48. The summed E-state index contributed by atoms with van der Waals surface area (Å²) >= 11 is 1.57. The number of hydrogen-bond acceptors (Lipinski definition) is 5. The molecule has 0 aliphatic rings. The van der Waals surface area contributed by atoms with Crippen molar-refractivity contribution in [1.29, 1.82) is 0 Å².